The van der Waals surface area contributed by atoms with Crippen molar-refractivity contribution >= 4 is 57.4 Å². The Kier molecular flexibility index (Phi) is 7.62. The Bertz CT molecular complexity index is 1400. The van der Waals surface area contributed by atoms with Gasteiger partial charge in [0.05, 0.1) is 29.9 Å². The predicted molar refractivity (Wildman–Crippen MR) is 139 cm³/mol. The first-order valence-electron chi connectivity index (χ1n) is 10.8. The molecule has 1 aromatic carbocycles. The predicted octanol–water partition coefficient (Wildman–Crippen LogP) is 5.43. The van der Waals surface area contributed by atoms with Crippen molar-refractivity contribution < 1.29 is 19.1 Å². The smallest absolute Gasteiger partial charge is 0.357 e. The molecule has 0 saturated carbocycles. The van der Waals surface area contributed by atoms with Gasteiger partial charge in [-0.05, 0) is 31.2 Å². The number of nitrogens with one attached hydrogen (secondary N) is 3. The van der Waals surface area contributed by atoms with Crippen LogP contribution in [-0.2, 0) is 9.53 Å². The quantitative estimate of drug-likeness (QED) is 0.277. The number of aromatic nitrogens is 3. The zero-order valence-corrected chi connectivity index (χ0v) is 20.8. The van der Waals surface area contributed by atoms with Crippen molar-refractivity contribution in [2.75, 3.05) is 22.6 Å². The molecule has 4 rings (SSSR count). The van der Waals surface area contributed by atoms with E-state index in [0.29, 0.717) is 22.2 Å². The van der Waals surface area contributed by atoms with Gasteiger partial charge < -0.3 is 20.7 Å². The van der Waals surface area contributed by atoms with Crippen molar-refractivity contribution in [1.29, 1.82) is 0 Å². The van der Waals surface area contributed by atoms with Crippen LogP contribution in [0.2, 0.25) is 5.15 Å². The number of carbonyl (C=O) groups excluding carboxylic acids is 3. The summed E-state index contributed by atoms with van der Waals surface area (Å²) in [5, 5.41) is 10.5. The van der Waals surface area contributed by atoms with Gasteiger partial charge in [0.1, 0.15) is 5.15 Å². The van der Waals surface area contributed by atoms with E-state index in [4.69, 9.17) is 16.3 Å². The summed E-state index contributed by atoms with van der Waals surface area (Å²) in [7, 11) is 0. The number of benzene rings is 1. The summed E-state index contributed by atoms with van der Waals surface area (Å²) in [4.78, 5) is 45.0. The molecule has 0 spiro atoms. The lowest BCUT2D eigenvalue weighted by Gasteiger charge is -2.13. The number of hydrogen-bond donors (Lipinski definition) is 3. The van der Waals surface area contributed by atoms with Gasteiger partial charge in [0.2, 0.25) is 5.91 Å². The topological polar surface area (TPSA) is 127 Å². The third-order valence-corrected chi connectivity index (χ3v) is 5.84. The maximum Gasteiger partial charge on any atom is 0.357 e. The molecule has 4 aromatic rings. The van der Waals surface area contributed by atoms with Crippen molar-refractivity contribution in [2.24, 2.45) is 0 Å². The summed E-state index contributed by atoms with van der Waals surface area (Å²) in [6.45, 7) is 3.25. The Morgan fingerprint density at radius 2 is 1.89 bits per heavy atom. The lowest BCUT2D eigenvalue weighted by atomic mass is 10.1. The Morgan fingerprint density at radius 1 is 1.11 bits per heavy atom. The summed E-state index contributed by atoms with van der Waals surface area (Å²) < 4.78 is 6.72. The summed E-state index contributed by atoms with van der Waals surface area (Å²) >= 11 is 7.82. The second kappa shape index (κ2) is 11.0. The molecule has 10 nitrogen and oxygen atoms in total. The highest BCUT2D eigenvalue weighted by molar-refractivity contribution is 7.14. The number of urea groups is 1. The van der Waals surface area contributed by atoms with Gasteiger partial charge in [0, 0.05) is 35.8 Å². The standard InChI is InChI=1S/C24H21ClN6O4S/c1-3-35-22(33)21-18(29-23(34)28-16-5-4-10-26-12-16)11-20(25)31(21)17-8-6-15(7-9-17)19-13-36-24(30-19)27-14(2)32/h4-13H,3H2,1-2H3,(H,27,30,32)(H2,28,29,34). The van der Waals surface area contributed by atoms with Crippen molar-refractivity contribution in [3.05, 3.63) is 71.1 Å². The first-order chi connectivity index (χ1) is 17.4. The molecule has 0 aliphatic carbocycles. The molecule has 0 aliphatic rings. The van der Waals surface area contributed by atoms with Crippen LogP contribution in [0.4, 0.5) is 21.3 Å². The Morgan fingerprint density at radius 3 is 2.56 bits per heavy atom. The summed E-state index contributed by atoms with van der Waals surface area (Å²) in [5.41, 5.74) is 2.80. The lowest BCUT2D eigenvalue weighted by Crippen LogP contribution is -2.22. The minimum Gasteiger partial charge on any atom is -0.461 e. The van der Waals surface area contributed by atoms with Gasteiger partial charge in [-0.2, -0.15) is 0 Å². The number of pyridine rings is 1. The number of halogens is 1. The normalized spacial score (nSPS) is 10.5. The van der Waals surface area contributed by atoms with Crippen molar-refractivity contribution in [1.82, 2.24) is 14.5 Å². The Labute approximate surface area is 215 Å². The molecule has 3 amide bonds. The minimum absolute atomic E-state index is 0.0672. The van der Waals surface area contributed by atoms with Crippen LogP contribution in [0.15, 0.2) is 60.2 Å². The number of amides is 3. The van der Waals surface area contributed by atoms with Crippen LogP contribution in [0.1, 0.15) is 24.3 Å². The van der Waals surface area contributed by atoms with Gasteiger partial charge in [-0.3, -0.25) is 14.3 Å². The van der Waals surface area contributed by atoms with Crippen LogP contribution in [0.5, 0.6) is 0 Å². The molecule has 184 valence electrons. The number of nitrogens with zero attached hydrogens (tertiary/aromatic N) is 3. The van der Waals surface area contributed by atoms with Crippen molar-refractivity contribution in [2.45, 2.75) is 13.8 Å². The Hall–Kier alpha value is -4.22. The molecule has 0 unspecified atom stereocenters. The highest BCUT2D eigenvalue weighted by Crippen LogP contribution is 2.32. The van der Waals surface area contributed by atoms with Crippen LogP contribution >= 0.6 is 22.9 Å². The highest BCUT2D eigenvalue weighted by atomic mass is 35.5. The fourth-order valence-electron chi connectivity index (χ4n) is 3.34. The molecular formula is C24H21ClN6O4S. The average molecular weight is 525 g/mol. The number of ether oxygens (including phenoxy) is 1. The van der Waals surface area contributed by atoms with E-state index in [1.165, 1.54) is 35.1 Å². The SMILES string of the molecule is CCOC(=O)c1c(NC(=O)Nc2cccnc2)cc(Cl)n1-c1ccc(-c2csc(NC(C)=O)n2)cc1. The second-order valence-corrected chi connectivity index (χ2v) is 8.62. The Balaban J connectivity index is 1.63. The molecule has 0 saturated heterocycles. The zero-order valence-electron chi connectivity index (χ0n) is 19.2. The molecule has 3 N–H and O–H groups in total. The molecule has 0 bridgehead atoms. The zero-order chi connectivity index (χ0) is 25.7. The molecule has 3 aromatic heterocycles. The van der Waals surface area contributed by atoms with Gasteiger partial charge >= 0.3 is 12.0 Å². The number of thiazole rings is 1. The van der Waals surface area contributed by atoms with E-state index in [9.17, 15) is 14.4 Å². The first kappa shape index (κ1) is 24.9. The molecule has 0 fully saturated rings. The molecule has 3 heterocycles. The summed E-state index contributed by atoms with van der Waals surface area (Å²) in [6.07, 6.45) is 3.08. The molecular weight excluding hydrogens is 504 g/mol. The molecule has 12 heteroatoms. The second-order valence-electron chi connectivity index (χ2n) is 7.37. The maximum absolute atomic E-state index is 12.9. The van der Waals surface area contributed by atoms with Crippen molar-refractivity contribution in [3.63, 3.8) is 0 Å². The number of hydrogen-bond acceptors (Lipinski definition) is 7. The lowest BCUT2D eigenvalue weighted by molar-refractivity contribution is -0.114. The van der Waals surface area contributed by atoms with E-state index in [2.05, 4.69) is 25.9 Å². The van der Waals surface area contributed by atoms with E-state index in [-0.39, 0.29) is 29.0 Å². The van der Waals surface area contributed by atoms with Crippen LogP contribution in [0.3, 0.4) is 0 Å². The largest absolute Gasteiger partial charge is 0.461 e. The van der Waals surface area contributed by atoms with Gasteiger partial charge in [-0.15, -0.1) is 11.3 Å². The number of anilines is 3. The van der Waals surface area contributed by atoms with E-state index in [0.717, 1.165) is 5.56 Å². The monoisotopic (exact) mass is 524 g/mol. The van der Waals surface area contributed by atoms with Crippen LogP contribution in [0, 0.1) is 0 Å². The van der Waals surface area contributed by atoms with Gasteiger partial charge in [-0.1, -0.05) is 23.7 Å². The van der Waals surface area contributed by atoms with Crippen LogP contribution < -0.4 is 16.0 Å². The number of esters is 1. The first-order valence-corrected chi connectivity index (χ1v) is 12.0. The minimum atomic E-state index is -0.649. The van der Waals surface area contributed by atoms with E-state index in [1.807, 2.05) is 17.5 Å². The van der Waals surface area contributed by atoms with Gasteiger partial charge in [0.15, 0.2) is 10.8 Å². The molecule has 0 radical (unpaired) electrons. The van der Waals surface area contributed by atoms with E-state index >= 15 is 0 Å². The maximum atomic E-state index is 12.9. The third-order valence-electron chi connectivity index (χ3n) is 4.80. The number of carbonyl (C=O) groups is 3. The molecule has 36 heavy (non-hydrogen) atoms. The fourth-order valence-corrected chi connectivity index (χ4v) is 4.40. The van der Waals surface area contributed by atoms with Gasteiger partial charge in [0.25, 0.3) is 0 Å². The van der Waals surface area contributed by atoms with Gasteiger partial charge in [-0.25, -0.2) is 14.6 Å². The highest BCUT2D eigenvalue weighted by Gasteiger charge is 2.24. The summed E-state index contributed by atoms with van der Waals surface area (Å²) in [5.74, 6) is -0.844. The third kappa shape index (κ3) is 5.70. The summed E-state index contributed by atoms with van der Waals surface area (Å²) in [6, 6.07) is 11.4. The van der Waals surface area contributed by atoms with Crippen LogP contribution in [0.25, 0.3) is 16.9 Å². The van der Waals surface area contributed by atoms with E-state index < -0.39 is 12.0 Å². The molecule has 0 atom stereocenters. The van der Waals surface area contributed by atoms with Crippen LogP contribution in [-0.4, -0.2) is 39.0 Å². The number of rotatable bonds is 7. The molecule has 0 aliphatic heterocycles. The fraction of sp³-hybridized carbons (Fsp3) is 0.125. The van der Waals surface area contributed by atoms with E-state index in [1.54, 1.807) is 37.4 Å². The van der Waals surface area contributed by atoms with Crippen molar-refractivity contribution in [3.8, 4) is 16.9 Å². The average Bonchev–Trinajstić information content (AvgIpc) is 3.43.